The van der Waals surface area contributed by atoms with E-state index in [0.29, 0.717) is 6.42 Å². The fourth-order valence-electron chi connectivity index (χ4n) is 1.92. The Morgan fingerprint density at radius 3 is 2.53 bits per heavy atom. The van der Waals surface area contributed by atoms with Crippen LogP contribution in [0.2, 0.25) is 0 Å². The molecular weight excluding hydrogens is 242 g/mol. The van der Waals surface area contributed by atoms with Gasteiger partial charge in [0.05, 0.1) is 17.5 Å². The summed E-state index contributed by atoms with van der Waals surface area (Å²) in [6.45, 7) is -0.336. The second-order valence-electron chi connectivity index (χ2n) is 3.88. The van der Waals surface area contributed by atoms with Crippen molar-refractivity contribution in [2.24, 2.45) is 0 Å². The Kier molecular flexibility index (Phi) is 3.17. The highest BCUT2D eigenvalue weighted by Crippen LogP contribution is 2.26. The molecule has 92 valence electrons. The first-order valence-corrected chi connectivity index (χ1v) is 6.74. The molecular formula is C11H13NO4S. The molecule has 2 rings (SSSR count). The topological polar surface area (TPSA) is 74.7 Å². The minimum Gasteiger partial charge on any atom is -0.394 e. The fourth-order valence-corrected chi connectivity index (χ4v) is 3.58. The van der Waals surface area contributed by atoms with E-state index >= 15 is 0 Å². The normalized spacial score (nSPS) is 20.9. The lowest BCUT2D eigenvalue weighted by Gasteiger charge is -2.22. The predicted octanol–water partition coefficient (Wildman–Crippen LogP) is 0.359. The van der Waals surface area contributed by atoms with Crippen LogP contribution in [0, 0.1) is 0 Å². The van der Waals surface area contributed by atoms with Crippen LogP contribution in [0.15, 0.2) is 35.2 Å². The molecule has 1 aliphatic heterocycles. The average Bonchev–Trinajstić information content (AvgIpc) is 2.72. The number of carbonyl (C=O) groups is 1. The Morgan fingerprint density at radius 2 is 1.94 bits per heavy atom. The minimum atomic E-state index is -3.83. The molecule has 0 unspecified atom stereocenters. The van der Waals surface area contributed by atoms with Gasteiger partial charge in [-0.15, -0.1) is 0 Å². The molecule has 1 aliphatic rings. The molecule has 17 heavy (non-hydrogen) atoms. The van der Waals surface area contributed by atoms with Gasteiger partial charge in [0.2, 0.25) is 5.91 Å². The average molecular weight is 255 g/mol. The Bertz CT molecular complexity index is 512. The molecule has 0 saturated carbocycles. The molecule has 5 nitrogen and oxygen atoms in total. The number of nitrogens with zero attached hydrogens (tertiary/aromatic N) is 1. The number of sulfonamides is 1. The lowest BCUT2D eigenvalue weighted by atomic mass is 10.2. The van der Waals surface area contributed by atoms with E-state index in [2.05, 4.69) is 0 Å². The minimum absolute atomic E-state index is 0.0775. The molecule has 1 N–H and O–H groups in total. The van der Waals surface area contributed by atoms with E-state index in [0.717, 1.165) is 4.31 Å². The van der Waals surface area contributed by atoms with Gasteiger partial charge in [-0.25, -0.2) is 12.7 Å². The van der Waals surface area contributed by atoms with Crippen molar-refractivity contribution in [3.63, 3.8) is 0 Å². The zero-order valence-electron chi connectivity index (χ0n) is 9.11. The molecule has 6 heteroatoms. The summed E-state index contributed by atoms with van der Waals surface area (Å²) in [5.41, 5.74) is 0. The molecule has 1 amide bonds. The van der Waals surface area contributed by atoms with Crippen molar-refractivity contribution in [3.05, 3.63) is 30.3 Å². The van der Waals surface area contributed by atoms with E-state index in [9.17, 15) is 13.2 Å². The van der Waals surface area contributed by atoms with Crippen LogP contribution < -0.4 is 0 Å². The van der Waals surface area contributed by atoms with Crippen LogP contribution in [0.5, 0.6) is 0 Å². The standard InChI is InChI=1S/C11H13NO4S/c13-8-9-6-7-11(14)12(9)17(15,16)10-4-2-1-3-5-10/h1-5,9,13H,6-8H2/t9-/m0/s1. The molecule has 1 heterocycles. The predicted molar refractivity (Wildman–Crippen MR) is 60.6 cm³/mol. The molecule has 0 spiro atoms. The number of aliphatic hydroxyl groups is 1. The quantitative estimate of drug-likeness (QED) is 0.846. The molecule has 0 bridgehead atoms. The highest BCUT2D eigenvalue weighted by atomic mass is 32.2. The van der Waals surface area contributed by atoms with Crippen LogP contribution in [0.3, 0.4) is 0 Å². The maximum atomic E-state index is 12.2. The zero-order chi connectivity index (χ0) is 12.5. The van der Waals surface area contributed by atoms with Gasteiger partial charge in [-0.1, -0.05) is 18.2 Å². The summed E-state index contributed by atoms with van der Waals surface area (Å²) >= 11 is 0. The van der Waals surface area contributed by atoms with Gasteiger partial charge in [-0.2, -0.15) is 0 Å². The van der Waals surface area contributed by atoms with Crippen molar-refractivity contribution < 1.29 is 18.3 Å². The zero-order valence-corrected chi connectivity index (χ0v) is 9.93. The largest absolute Gasteiger partial charge is 0.394 e. The van der Waals surface area contributed by atoms with E-state index in [-0.39, 0.29) is 17.9 Å². The van der Waals surface area contributed by atoms with E-state index in [1.807, 2.05) is 0 Å². The lowest BCUT2D eigenvalue weighted by molar-refractivity contribution is -0.124. The third-order valence-electron chi connectivity index (χ3n) is 2.78. The van der Waals surface area contributed by atoms with Gasteiger partial charge in [-0.05, 0) is 18.6 Å². The molecule has 1 fully saturated rings. The first-order chi connectivity index (χ1) is 8.07. The summed E-state index contributed by atoms with van der Waals surface area (Å²) in [7, 11) is -3.83. The van der Waals surface area contributed by atoms with Crippen molar-refractivity contribution in [2.75, 3.05) is 6.61 Å². The first-order valence-electron chi connectivity index (χ1n) is 5.30. The van der Waals surface area contributed by atoms with Crippen LogP contribution in [-0.2, 0) is 14.8 Å². The number of benzene rings is 1. The maximum absolute atomic E-state index is 12.2. The molecule has 1 atom stereocenters. The lowest BCUT2D eigenvalue weighted by Crippen LogP contribution is -2.40. The van der Waals surface area contributed by atoms with E-state index in [4.69, 9.17) is 5.11 Å². The molecule has 0 radical (unpaired) electrons. The highest BCUT2D eigenvalue weighted by Gasteiger charge is 2.39. The molecule has 1 aromatic carbocycles. The highest BCUT2D eigenvalue weighted by molar-refractivity contribution is 7.89. The molecule has 1 aromatic rings. The summed E-state index contributed by atoms with van der Waals surface area (Å²) < 4.78 is 25.2. The monoisotopic (exact) mass is 255 g/mol. The smallest absolute Gasteiger partial charge is 0.266 e. The van der Waals surface area contributed by atoms with Crippen LogP contribution in [0.1, 0.15) is 12.8 Å². The summed E-state index contributed by atoms with van der Waals surface area (Å²) in [6.07, 6.45) is 0.540. The fraction of sp³-hybridized carbons (Fsp3) is 0.364. The van der Waals surface area contributed by atoms with Crippen LogP contribution >= 0.6 is 0 Å². The van der Waals surface area contributed by atoms with E-state index in [1.54, 1.807) is 18.2 Å². The number of hydrogen-bond acceptors (Lipinski definition) is 4. The second kappa shape index (κ2) is 4.46. The van der Waals surface area contributed by atoms with Crippen molar-refractivity contribution >= 4 is 15.9 Å². The third-order valence-corrected chi connectivity index (χ3v) is 4.67. The number of hydrogen-bond donors (Lipinski definition) is 1. The first kappa shape index (κ1) is 12.1. The van der Waals surface area contributed by atoms with Gasteiger partial charge in [0, 0.05) is 6.42 Å². The second-order valence-corrected chi connectivity index (χ2v) is 5.70. The number of rotatable bonds is 3. The molecule has 0 aromatic heterocycles. The van der Waals surface area contributed by atoms with Crippen molar-refractivity contribution in [1.82, 2.24) is 4.31 Å². The summed E-state index contributed by atoms with van der Waals surface area (Å²) in [6, 6.07) is 7.15. The van der Waals surface area contributed by atoms with Crippen LogP contribution in [0.25, 0.3) is 0 Å². The van der Waals surface area contributed by atoms with Gasteiger partial charge in [0.15, 0.2) is 0 Å². The molecule has 0 aliphatic carbocycles. The van der Waals surface area contributed by atoms with Crippen LogP contribution in [0.4, 0.5) is 0 Å². The number of carbonyl (C=O) groups excluding carboxylic acids is 1. The third kappa shape index (κ3) is 2.05. The molecule has 1 saturated heterocycles. The Balaban J connectivity index is 2.42. The summed E-state index contributed by atoms with van der Waals surface area (Å²) in [5, 5.41) is 9.11. The maximum Gasteiger partial charge on any atom is 0.266 e. The number of aliphatic hydroxyl groups excluding tert-OH is 1. The van der Waals surface area contributed by atoms with E-state index < -0.39 is 22.0 Å². The SMILES string of the molecule is O=C1CC[C@@H](CO)N1S(=O)(=O)c1ccccc1. The summed E-state index contributed by atoms with van der Waals surface area (Å²) in [5.74, 6) is -0.451. The van der Waals surface area contributed by atoms with Crippen molar-refractivity contribution in [3.8, 4) is 0 Å². The van der Waals surface area contributed by atoms with Gasteiger partial charge in [0.25, 0.3) is 10.0 Å². The van der Waals surface area contributed by atoms with Crippen molar-refractivity contribution in [1.29, 1.82) is 0 Å². The van der Waals surface area contributed by atoms with E-state index in [1.165, 1.54) is 12.1 Å². The van der Waals surface area contributed by atoms with Gasteiger partial charge in [-0.3, -0.25) is 4.79 Å². The van der Waals surface area contributed by atoms with Crippen molar-refractivity contribution in [2.45, 2.75) is 23.8 Å². The number of amides is 1. The van der Waals surface area contributed by atoms with Gasteiger partial charge >= 0.3 is 0 Å². The van der Waals surface area contributed by atoms with Crippen LogP contribution in [-0.4, -0.2) is 36.4 Å². The Labute approximate surface area is 99.7 Å². The Morgan fingerprint density at radius 1 is 1.29 bits per heavy atom. The van der Waals surface area contributed by atoms with Gasteiger partial charge in [0.1, 0.15) is 0 Å². The summed E-state index contributed by atoms with van der Waals surface area (Å²) in [4.78, 5) is 11.7. The van der Waals surface area contributed by atoms with Gasteiger partial charge < -0.3 is 5.11 Å². The Hall–Kier alpha value is -1.40.